The molecule has 1 amide bonds. The van der Waals surface area contributed by atoms with Crippen molar-refractivity contribution in [1.82, 2.24) is 29.9 Å². The van der Waals surface area contributed by atoms with Crippen LogP contribution >= 0.6 is 0 Å². The standard InChI is InChI=1S/C16H17N7O2/c24-16(12-9-13(25-20-12)11-1-2-11)22-7-5-21(6-8-22)15-4-3-14-18-17-10-23(14)19-15/h3-4,9-11H,1-2,5-8H2. The first-order valence-corrected chi connectivity index (χ1v) is 8.46. The van der Waals surface area contributed by atoms with Gasteiger partial charge in [0.1, 0.15) is 17.9 Å². The Kier molecular flexibility index (Phi) is 3.19. The van der Waals surface area contributed by atoms with Gasteiger partial charge in [0.25, 0.3) is 5.91 Å². The van der Waals surface area contributed by atoms with Crippen LogP contribution in [0.25, 0.3) is 5.65 Å². The van der Waals surface area contributed by atoms with Crippen molar-refractivity contribution in [1.29, 1.82) is 0 Å². The van der Waals surface area contributed by atoms with E-state index >= 15 is 0 Å². The van der Waals surface area contributed by atoms with Crippen LogP contribution in [0, 0.1) is 0 Å². The van der Waals surface area contributed by atoms with Crippen LogP contribution < -0.4 is 4.90 Å². The first-order valence-electron chi connectivity index (χ1n) is 8.46. The fraction of sp³-hybridized carbons (Fsp3) is 0.438. The third kappa shape index (κ3) is 2.61. The van der Waals surface area contributed by atoms with Gasteiger partial charge in [0.2, 0.25) is 0 Å². The zero-order chi connectivity index (χ0) is 16.8. The largest absolute Gasteiger partial charge is 0.360 e. The average molecular weight is 339 g/mol. The highest BCUT2D eigenvalue weighted by molar-refractivity contribution is 5.92. The fourth-order valence-corrected chi connectivity index (χ4v) is 3.14. The Hall–Kier alpha value is -2.97. The molecule has 2 aliphatic rings. The van der Waals surface area contributed by atoms with Crippen LogP contribution in [0.2, 0.25) is 0 Å². The van der Waals surface area contributed by atoms with Crippen molar-refractivity contribution in [2.45, 2.75) is 18.8 Å². The molecule has 1 saturated heterocycles. The molecule has 0 bridgehead atoms. The summed E-state index contributed by atoms with van der Waals surface area (Å²) in [5.74, 6) is 2.10. The Morgan fingerprint density at radius 3 is 2.80 bits per heavy atom. The predicted molar refractivity (Wildman–Crippen MR) is 87.4 cm³/mol. The predicted octanol–water partition coefficient (Wildman–Crippen LogP) is 0.952. The molecule has 0 spiro atoms. The lowest BCUT2D eigenvalue weighted by atomic mass is 10.2. The van der Waals surface area contributed by atoms with Crippen molar-refractivity contribution < 1.29 is 9.32 Å². The molecule has 1 aliphatic heterocycles. The molecule has 128 valence electrons. The van der Waals surface area contributed by atoms with E-state index in [0.29, 0.717) is 24.7 Å². The van der Waals surface area contributed by atoms with Gasteiger partial charge in [-0.2, -0.15) is 4.52 Å². The van der Waals surface area contributed by atoms with Gasteiger partial charge < -0.3 is 14.3 Å². The maximum absolute atomic E-state index is 12.6. The molecule has 3 aromatic rings. The van der Waals surface area contributed by atoms with Crippen molar-refractivity contribution in [3.05, 3.63) is 36.0 Å². The number of carbonyl (C=O) groups excluding carboxylic acids is 1. The van der Waals surface area contributed by atoms with Crippen molar-refractivity contribution >= 4 is 17.4 Å². The number of anilines is 1. The van der Waals surface area contributed by atoms with Crippen LogP contribution in [0.1, 0.15) is 35.0 Å². The second-order valence-electron chi connectivity index (χ2n) is 6.49. The van der Waals surface area contributed by atoms with Crippen LogP contribution in [0.5, 0.6) is 0 Å². The van der Waals surface area contributed by atoms with E-state index in [4.69, 9.17) is 4.52 Å². The molecule has 3 aromatic heterocycles. The Labute approximate surface area is 143 Å². The highest BCUT2D eigenvalue weighted by atomic mass is 16.5. The Morgan fingerprint density at radius 2 is 2.00 bits per heavy atom. The lowest BCUT2D eigenvalue weighted by Gasteiger charge is -2.34. The van der Waals surface area contributed by atoms with E-state index < -0.39 is 0 Å². The number of hydrogen-bond donors (Lipinski definition) is 0. The molecule has 9 heteroatoms. The number of carbonyl (C=O) groups is 1. The Bertz CT molecular complexity index is 921. The number of piperazine rings is 1. The summed E-state index contributed by atoms with van der Waals surface area (Å²) in [5, 5.41) is 16.2. The monoisotopic (exact) mass is 339 g/mol. The number of amides is 1. The Balaban J connectivity index is 1.26. The lowest BCUT2D eigenvalue weighted by molar-refractivity contribution is 0.0736. The van der Waals surface area contributed by atoms with Crippen LogP contribution in [-0.2, 0) is 0 Å². The molecule has 5 rings (SSSR count). The molecule has 0 aromatic carbocycles. The van der Waals surface area contributed by atoms with Gasteiger partial charge in [0.15, 0.2) is 11.3 Å². The van der Waals surface area contributed by atoms with Gasteiger partial charge in [-0.1, -0.05) is 5.16 Å². The summed E-state index contributed by atoms with van der Waals surface area (Å²) in [6, 6.07) is 5.62. The van der Waals surface area contributed by atoms with Gasteiger partial charge in [0.05, 0.1) is 0 Å². The highest BCUT2D eigenvalue weighted by Crippen LogP contribution is 2.40. The van der Waals surface area contributed by atoms with Crippen LogP contribution in [-0.4, -0.2) is 62.0 Å². The smallest absolute Gasteiger partial charge is 0.276 e. The van der Waals surface area contributed by atoms with Crippen LogP contribution in [0.3, 0.4) is 0 Å². The molecule has 1 aliphatic carbocycles. The molecule has 0 radical (unpaired) electrons. The van der Waals surface area contributed by atoms with Gasteiger partial charge in [-0.25, -0.2) is 0 Å². The van der Waals surface area contributed by atoms with Gasteiger partial charge >= 0.3 is 0 Å². The first kappa shape index (κ1) is 14.4. The molecule has 0 atom stereocenters. The summed E-state index contributed by atoms with van der Waals surface area (Å²) in [6.45, 7) is 2.71. The highest BCUT2D eigenvalue weighted by Gasteiger charge is 2.30. The molecular weight excluding hydrogens is 322 g/mol. The number of fused-ring (bicyclic) bond motifs is 1. The summed E-state index contributed by atoms with van der Waals surface area (Å²) in [6.07, 6.45) is 3.84. The zero-order valence-corrected chi connectivity index (χ0v) is 13.6. The molecule has 4 heterocycles. The summed E-state index contributed by atoms with van der Waals surface area (Å²) >= 11 is 0. The minimum atomic E-state index is -0.0579. The molecule has 0 unspecified atom stereocenters. The second kappa shape index (κ2) is 5.54. The maximum atomic E-state index is 12.6. The van der Waals surface area contributed by atoms with E-state index in [-0.39, 0.29) is 5.91 Å². The molecule has 0 N–H and O–H groups in total. The van der Waals surface area contributed by atoms with Gasteiger partial charge in [-0.3, -0.25) is 4.79 Å². The van der Waals surface area contributed by atoms with Gasteiger partial charge in [0, 0.05) is 38.2 Å². The van der Waals surface area contributed by atoms with Crippen molar-refractivity contribution in [3.8, 4) is 0 Å². The van der Waals surface area contributed by atoms with E-state index in [1.807, 2.05) is 17.0 Å². The molecule has 1 saturated carbocycles. The normalized spacial score (nSPS) is 18.1. The number of nitrogens with zero attached hydrogens (tertiary/aromatic N) is 7. The van der Waals surface area contributed by atoms with E-state index in [1.54, 1.807) is 16.9 Å². The lowest BCUT2D eigenvalue weighted by Crippen LogP contribution is -2.49. The third-order valence-corrected chi connectivity index (χ3v) is 4.77. The van der Waals surface area contributed by atoms with E-state index in [2.05, 4.69) is 25.4 Å². The zero-order valence-electron chi connectivity index (χ0n) is 13.6. The quantitative estimate of drug-likeness (QED) is 0.701. The third-order valence-electron chi connectivity index (χ3n) is 4.77. The molecule has 2 fully saturated rings. The summed E-state index contributed by atoms with van der Waals surface area (Å²) in [4.78, 5) is 16.6. The van der Waals surface area contributed by atoms with E-state index in [9.17, 15) is 4.79 Å². The minimum absolute atomic E-state index is 0.0579. The molecular formula is C16H17N7O2. The fourth-order valence-electron chi connectivity index (χ4n) is 3.14. The number of aromatic nitrogens is 5. The van der Waals surface area contributed by atoms with Crippen LogP contribution in [0.15, 0.2) is 29.0 Å². The molecule has 9 nitrogen and oxygen atoms in total. The first-order chi connectivity index (χ1) is 12.3. The maximum Gasteiger partial charge on any atom is 0.276 e. The van der Waals surface area contributed by atoms with Crippen molar-refractivity contribution in [2.75, 3.05) is 31.1 Å². The van der Waals surface area contributed by atoms with E-state index in [1.165, 1.54) is 0 Å². The summed E-state index contributed by atoms with van der Waals surface area (Å²) in [7, 11) is 0. The SMILES string of the molecule is O=C(c1cc(C2CC2)on1)N1CCN(c2ccc3nncn3n2)CC1. The minimum Gasteiger partial charge on any atom is -0.360 e. The number of rotatable bonds is 3. The van der Waals surface area contributed by atoms with E-state index in [0.717, 1.165) is 43.2 Å². The average Bonchev–Trinajstić information content (AvgIpc) is 3.20. The van der Waals surface area contributed by atoms with Crippen LogP contribution in [0.4, 0.5) is 5.82 Å². The van der Waals surface area contributed by atoms with Crippen molar-refractivity contribution in [3.63, 3.8) is 0 Å². The Morgan fingerprint density at radius 1 is 1.16 bits per heavy atom. The summed E-state index contributed by atoms with van der Waals surface area (Å²) < 4.78 is 6.95. The van der Waals surface area contributed by atoms with Crippen molar-refractivity contribution in [2.24, 2.45) is 0 Å². The second-order valence-corrected chi connectivity index (χ2v) is 6.49. The van der Waals surface area contributed by atoms with Gasteiger partial charge in [-0.15, -0.1) is 15.3 Å². The topological polar surface area (TPSA) is 92.7 Å². The molecule has 25 heavy (non-hydrogen) atoms. The number of hydrogen-bond acceptors (Lipinski definition) is 7. The summed E-state index contributed by atoms with van der Waals surface area (Å²) in [5.41, 5.74) is 1.13. The van der Waals surface area contributed by atoms with Gasteiger partial charge in [-0.05, 0) is 25.0 Å².